The topological polar surface area (TPSA) is 80.1 Å². The van der Waals surface area contributed by atoms with Gasteiger partial charge in [0.1, 0.15) is 18.2 Å². The summed E-state index contributed by atoms with van der Waals surface area (Å²) >= 11 is 1.50. The van der Waals surface area contributed by atoms with Gasteiger partial charge in [0.2, 0.25) is 11.8 Å². The molecule has 0 saturated carbocycles. The van der Waals surface area contributed by atoms with Crippen LogP contribution < -0.4 is 14.4 Å². The summed E-state index contributed by atoms with van der Waals surface area (Å²) in [6, 6.07) is 11.8. The molecule has 2 aromatic carbocycles. The second kappa shape index (κ2) is 12.6. The largest absolute Gasteiger partial charge is 0.493 e. The van der Waals surface area contributed by atoms with Gasteiger partial charge in [-0.05, 0) is 48.5 Å². The third-order valence-electron chi connectivity index (χ3n) is 8.05. The van der Waals surface area contributed by atoms with Crippen molar-refractivity contribution in [1.29, 1.82) is 0 Å². The predicted octanol–water partition coefficient (Wildman–Crippen LogP) is 4.66. The third-order valence-corrected chi connectivity index (χ3v) is 9.30. The van der Waals surface area contributed by atoms with Crippen molar-refractivity contribution in [1.82, 2.24) is 19.6 Å². The summed E-state index contributed by atoms with van der Waals surface area (Å²) in [5.41, 5.74) is 2.76. The molecule has 5 rings (SSSR count). The normalized spacial score (nSPS) is 17.9. The number of hydrogen-bond acceptors (Lipinski definition) is 7. The summed E-state index contributed by atoms with van der Waals surface area (Å²) in [6.07, 6.45) is 0. The zero-order valence-electron chi connectivity index (χ0n) is 25.7. The van der Waals surface area contributed by atoms with Crippen molar-refractivity contribution in [3.05, 3.63) is 65.1 Å². The van der Waals surface area contributed by atoms with Crippen LogP contribution >= 0.6 is 11.8 Å². The van der Waals surface area contributed by atoms with Crippen molar-refractivity contribution in [3.63, 3.8) is 0 Å². The van der Waals surface area contributed by atoms with Crippen LogP contribution in [0.25, 0.3) is 5.69 Å². The van der Waals surface area contributed by atoms with Crippen LogP contribution in [-0.4, -0.2) is 90.6 Å². The Labute approximate surface area is 256 Å². The summed E-state index contributed by atoms with van der Waals surface area (Å²) in [5, 5.41) is 4.79. The average molecular weight is 610 g/mol. The van der Waals surface area contributed by atoms with Crippen LogP contribution in [0.1, 0.15) is 49.8 Å². The van der Waals surface area contributed by atoms with E-state index in [1.54, 1.807) is 35.9 Å². The lowest BCUT2D eigenvalue weighted by Crippen LogP contribution is -2.52. The van der Waals surface area contributed by atoms with E-state index in [1.807, 2.05) is 23.1 Å². The minimum atomic E-state index is -0.412. The molecular formula is C32H40FN5O4S. The number of likely N-dealkylation sites (N-methyl/N-ethyl adjacent to an activating group) is 1. The number of carbonyl (C=O) groups is 2. The van der Waals surface area contributed by atoms with E-state index >= 15 is 0 Å². The van der Waals surface area contributed by atoms with Crippen LogP contribution in [0.3, 0.4) is 0 Å². The second-order valence-corrected chi connectivity index (χ2v) is 12.9. The molecule has 0 N–H and O–H groups in total. The fourth-order valence-corrected chi connectivity index (χ4v) is 6.85. The quantitative estimate of drug-likeness (QED) is 0.386. The van der Waals surface area contributed by atoms with E-state index in [4.69, 9.17) is 14.6 Å². The van der Waals surface area contributed by atoms with Crippen molar-refractivity contribution < 1.29 is 23.5 Å². The Kier molecular flexibility index (Phi) is 9.03. The molecule has 2 aliphatic rings. The van der Waals surface area contributed by atoms with Gasteiger partial charge in [-0.1, -0.05) is 33.8 Å². The highest BCUT2D eigenvalue weighted by Gasteiger charge is 2.40. The average Bonchev–Trinajstić information content (AvgIpc) is 3.34. The first-order chi connectivity index (χ1) is 20.5. The Hall–Kier alpha value is -3.57. The van der Waals surface area contributed by atoms with E-state index in [2.05, 4.69) is 32.6 Å². The van der Waals surface area contributed by atoms with Crippen LogP contribution in [0.2, 0.25) is 0 Å². The Balaban J connectivity index is 1.68. The molecule has 1 unspecified atom stereocenters. The molecule has 2 amide bonds. The minimum Gasteiger partial charge on any atom is -0.493 e. The number of methoxy groups -OCH3 is 2. The van der Waals surface area contributed by atoms with E-state index in [9.17, 15) is 14.0 Å². The summed E-state index contributed by atoms with van der Waals surface area (Å²) in [6.45, 7) is 12.0. The fourth-order valence-electron chi connectivity index (χ4n) is 5.66. The van der Waals surface area contributed by atoms with E-state index in [1.165, 1.54) is 23.9 Å². The van der Waals surface area contributed by atoms with Gasteiger partial charge >= 0.3 is 0 Å². The van der Waals surface area contributed by atoms with Crippen LogP contribution in [0, 0.1) is 5.82 Å². The van der Waals surface area contributed by atoms with Crippen LogP contribution in [0.4, 0.5) is 10.2 Å². The van der Waals surface area contributed by atoms with Crippen LogP contribution in [-0.2, 0) is 15.0 Å². The highest BCUT2D eigenvalue weighted by atomic mass is 32.2. The SMILES string of the molecule is CCN1CCN(C(=O)CN2C(=O)CSC(c3ccc(OC)c(OC)c3)c3c(C(C)(C)C)nn(-c4ccc(F)cc4)c32)CC1. The lowest BCUT2D eigenvalue weighted by Gasteiger charge is -2.35. The number of amides is 2. The first-order valence-corrected chi connectivity index (χ1v) is 15.6. The lowest BCUT2D eigenvalue weighted by atomic mass is 9.87. The zero-order chi connectivity index (χ0) is 30.9. The molecule has 0 spiro atoms. The van der Waals surface area contributed by atoms with Gasteiger partial charge in [-0.2, -0.15) is 5.10 Å². The third kappa shape index (κ3) is 6.24. The molecule has 0 bridgehead atoms. The molecule has 3 heterocycles. The molecule has 2 aliphatic heterocycles. The first-order valence-electron chi connectivity index (χ1n) is 14.6. The number of halogens is 1. The summed E-state index contributed by atoms with van der Waals surface area (Å²) < 4.78 is 26.8. The highest BCUT2D eigenvalue weighted by Crippen LogP contribution is 2.49. The Morgan fingerprint density at radius 1 is 1.02 bits per heavy atom. The number of benzene rings is 2. The first kappa shape index (κ1) is 30.9. The summed E-state index contributed by atoms with van der Waals surface area (Å²) in [5.74, 6) is 1.23. The van der Waals surface area contributed by atoms with Crippen LogP contribution in [0.5, 0.6) is 11.5 Å². The number of anilines is 1. The number of piperazine rings is 1. The molecule has 1 saturated heterocycles. The summed E-state index contributed by atoms with van der Waals surface area (Å²) in [7, 11) is 3.19. The predicted molar refractivity (Wildman–Crippen MR) is 167 cm³/mol. The van der Waals surface area contributed by atoms with Gasteiger partial charge in [0, 0.05) is 37.2 Å². The Bertz CT molecular complexity index is 1480. The molecule has 9 nitrogen and oxygen atoms in total. The van der Waals surface area contributed by atoms with Crippen molar-refractivity contribution >= 4 is 29.4 Å². The maximum atomic E-state index is 14.0. The number of aromatic nitrogens is 2. The molecule has 3 aromatic rings. The maximum absolute atomic E-state index is 14.0. The van der Waals surface area contributed by atoms with Gasteiger partial charge in [0.25, 0.3) is 0 Å². The maximum Gasteiger partial charge on any atom is 0.242 e. The monoisotopic (exact) mass is 609 g/mol. The molecule has 11 heteroatoms. The molecule has 0 aliphatic carbocycles. The molecule has 43 heavy (non-hydrogen) atoms. The molecular weight excluding hydrogens is 569 g/mol. The number of ether oxygens (including phenoxy) is 2. The van der Waals surface area contributed by atoms with Gasteiger partial charge in [-0.25, -0.2) is 9.07 Å². The summed E-state index contributed by atoms with van der Waals surface area (Å²) in [4.78, 5) is 33.4. The minimum absolute atomic E-state index is 0.103. The van der Waals surface area contributed by atoms with Crippen molar-refractivity contribution in [3.8, 4) is 17.2 Å². The number of hydrogen-bond donors (Lipinski definition) is 0. The van der Waals surface area contributed by atoms with Gasteiger partial charge in [0.05, 0.1) is 36.6 Å². The Morgan fingerprint density at radius 2 is 1.70 bits per heavy atom. The van der Waals surface area contributed by atoms with Gasteiger partial charge < -0.3 is 19.3 Å². The number of fused-ring (bicyclic) bond motifs is 1. The number of rotatable bonds is 7. The van der Waals surface area contributed by atoms with Gasteiger partial charge in [0.15, 0.2) is 11.5 Å². The standard InChI is InChI=1S/C32H40FN5O4S/c1-7-35-14-16-36(17-15-35)26(39)19-37-27(40)20-43-29(21-8-13-24(41-5)25(18-21)42-6)28-30(32(2,3)4)34-38(31(28)37)23-11-9-22(33)10-12-23/h8-13,18,29H,7,14-17,19-20H2,1-6H3. The van der Waals surface area contributed by atoms with Crippen molar-refractivity contribution in [2.75, 3.05) is 64.1 Å². The van der Waals surface area contributed by atoms with E-state index < -0.39 is 5.41 Å². The lowest BCUT2D eigenvalue weighted by molar-refractivity contribution is -0.132. The van der Waals surface area contributed by atoms with Crippen molar-refractivity contribution in [2.45, 2.75) is 38.4 Å². The van der Waals surface area contributed by atoms with Gasteiger partial charge in [-0.3, -0.25) is 14.5 Å². The fraction of sp³-hybridized carbons (Fsp3) is 0.469. The number of thioether (sulfide) groups is 1. The molecule has 0 radical (unpaired) electrons. The number of carbonyl (C=O) groups excluding carboxylic acids is 2. The smallest absolute Gasteiger partial charge is 0.242 e. The van der Waals surface area contributed by atoms with Crippen LogP contribution in [0.15, 0.2) is 42.5 Å². The van der Waals surface area contributed by atoms with E-state index in [0.717, 1.165) is 36.5 Å². The molecule has 230 valence electrons. The second-order valence-electron chi connectivity index (χ2n) is 11.8. The molecule has 1 aromatic heterocycles. The molecule has 1 atom stereocenters. The number of nitrogens with zero attached hydrogens (tertiary/aromatic N) is 5. The molecule has 1 fully saturated rings. The van der Waals surface area contributed by atoms with Gasteiger partial charge in [-0.15, -0.1) is 11.8 Å². The zero-order valence-corrected chi connectivity index (χ0v) is 26.5. The highest BCUT2D eigenvalue weighted by molar-refractivity contribution is 8.00. The van der Waals surface area contributed by atoms with E-state index in [-0.39, 0.29) is 35.2 Å². The van der Waals surface area contributed by atoms with E-state index in [0.29, 0.717) is 36.1 Å². The van der Waals surface area contributed by atoms with Crippen molar-refractivity contribution in [2.24, 2.45) is 0 Å². The Morgan fingerprint density at radius 3 is 2.30 bits per heavy atom.